The summed E-state index contributed by atoms with van der Waals surface area (Å²) in [4.78, 5) is 11.6. The van der Waals surface area contributed by atoms with Crippen molar-refractivity contribution in [3.8, 4) is 6.07 Å². The Morgan fingerprint density at radius 3 is 2.53 bits per heavy atom. The van der Waals surface area contributed by atoms with E-state index >= 15 is 0 Å². The third kappa shape index (κ3) is 3.31. The van der Waals surface area contributed by atoms with Crippen LogP contribution in [0.2, 0.25) is 0 Å². The number of carbonyl (C=O) groups excluding carboxylic acids is 1. The van der Waals surface area contributed by atoms with Gasteiger partial charge in [0.15, 0.2) is 5.57 Å². The normalized spacial score (nSPS) is 11.4. The Hall–Kier alpha value is -2.35. The smallest absolute Gasteiger partial charge is 0.269 e. The van der Waals surface area contributed by atoms with Crippen LogP contribution in [0, 0.1) is 17.1 Å². The van der Waals surface area contributed by atoms with Crippen LogP contribution in [0.3, 0.4) is 0 Å². The topological polar surface area (TPSA) is 73.1 Å². The molecule has 0 saturated heterocycles. The van der Waals surface area contributed by atoms with Crippen molar-refractivity contribution in [3.63, 3.8) is 0 Å². The maximum absolute atomic E-state index is 12.6. The van der Waals surface area contributed by atoms with Crippen molar-refractivity contribution >= 4 is 11.6 Å². The van der Waals surface area contributed by atoms with Crippen LogP contribution in [0.4, 0.5) is 10.1 Å². The largest absolute Gasteiger partial charge is 0.511 e. The van der Waals surface area contributed by atoms with Crippen LogP contribution in [-0.2, 0) is 4.79 Å². The number of rotatable bonds is 3. The van der Waals surface area contributed by atoms with Gasteiger partial charge in [-0.3, -0.25) is 4.79 Å². The summed E-state index contributed by atoms with van der Waals surface area (Å²) in [5.74, 6) is -1.40. The number of hydrogen-bond acceptors (Lipinski definition) is 3. The minimum atomic E-state index is -0.710. The zero-order chi connectivity index (χ0) is 12.8. The van der Waals surface area contributed by atoms with E-state index < -0.39 is 11.7 Å². The number of aliphatic hydroxyl groups excluding tert-OH is 1. The number of benzene rings is 1. The number of allylic oxidation sites excluding steroid dienone is 1. The summed E-state index contributed by atoms with van der Waals surface area (Å²) in [5.41, 5.74) is 0.0184. The third-order valence-corrected chi connectivity index (χ3v) is 2.06. The highest BCUT2D eigenvalue weighted by molar-refractivity contribution is 6.06. The summed E-state index contributed by atoms with van der Waals surface area (Å²) in [5, 5.41) is 20.5. The van der Waals surface area contributed by atoms with Gasteiger partial charge < -0.3 is 10.4 Å². The second kappa shape index (κ2) is 5.66. The van der Waals surface area contributed by atoms with Gasteiger partial charge in [-0.2, -0.15) is 5.26 Å². The van der Waals surface area contributed by atoms with Gasteiger partial charge >= 0.3 is 0 Å². The van der Waals surface area contributed by atoms with Crippen molar-refractivity contribution in [2.45, 2.75) is 13.3 Å². The van der Waals surface area contributed by atoms with E-state index in [4.69, 9.17) is 5.26 Å². The van der Waals surface area contributed by atoms with E-state index in [0.29, 0.717) is 5.69 Å². The molecule has 1 rings (SSSR count). The molecule has 1 aromatic carbocycles. The lowest BCUT2D eigenvalue weighted by atomic mass is 10.2. The number of amides is 1. The molecule has 0 radical (unpaired) electrons. The van der Waals surface area contributed by atoms with Gasteiger partial charge in [0, 0.05) is 12.1 Å². The highest BCUT2D eigenvalue weighted by Gasteiger charge is 2.13. The predicted octanol–water partition coefficient (Wildman–Crippen LogP) is 2.51. The monoisotopic (exact) mass is 234 g/mol. The fraction of sp³-hybridized carbons (Fsp3) is 0.167. The van der Waals surface area contributed by atoms with Gasteiger partial charge in [-0.15, -0.1) is 0 Å². The number of aliphatic hydroxyl groups is 1. The molecule has 0 spiro atoms. The SMILES string of the molecule is CC/C(O)=C(\C#N)C(=O)Nc1ccc(F)cc1. The number of nitrogens with zero attached hydrogens (tertiary/aromatic N) is 1. The molecule has 0 bridgehead atoms. The standard InChI is InChI=1S/C12H11FN2O2/c1-2-11(16)10(7-14)12(17)15-9-5-3-8(13)4-6-9/h3-6,16H,2H2,1H3,(H,15,17)/b11-10-. The number of nitrogens with one attached hydrogen (secondary N) is 1. The van der Waals surface area contributed by atoms with Crippen molar-refractivity contribution in [2.24, 2.45) is 0 Å². The van der Waals surface area contributed by atoms with Gasteiger partial charge in [0.2, 0.25) is 0 Å². The van der Waals surface area contributed by atoms with Crippen molar-refractivity contribution in [1.29, 1.82) is 5.26 Å². The third-order valence-electron chi connectivity index (χ3n) is 2.06. The molecular weight excluding hydrogens is 223 g/mol. The van der Waals surface area contributed by atoms with E-state index in [0.717, 1.165) is 0 Å². The first-order valence-corrected chi connectivity index (χ1v) is 4.97. The molecule has 0 aliphatic heterocycles. The summed E-state index contributed by atoms with van der Waals surface area (Å²) in [6.07, 6.45) is 0.194. The van der Waals surface area contributed by atoms with Crippen LogP contribution in [0.5, 0.6) is 0 Å². The lowest BCUT2D eigenvalue weighted by Gasteiger charge is -2.05. The van der Waals surface area contributed by atoms with Gasteiger partial charge in [-0.05, 0) is 24.3 Å². The summed E-state index contributed by atoms with van der Waals surface area (Å²) >= 11 is 0. The zero-order valence-corrected chi connectivity index (χ0v) is 9.20. The maximum atomic E-state index is 12.6. The number of carbonyl (C=O) groups is 1. The van der Waals surface area contributed by atoms with Gasteiger partial charge in [0.05, 0.1) is 0 Å². The Bertz CT molecular complexity index is 486. The molecule has 0 saturated carbocycles. The number of nitriles is 1. The average molecular weight is 234 g/mol. The van der Waals surface area contributed by atoms with Crippen LogP contribution < -0.4 is 5.32 Å². The maximum Gasteiger partial charge on any atom is 0.269 e. The van der Waals surface area contributed by atoms with E-state index in [1.807, 2.05) is 0 Å². The number of halogens is 1. The Morgan fingerprint density at radius 2 is 2.06 bits per heavy atom. The summed E-state index contributed by atoms with van der Waals surface area (Å²) < 4.78 is 12.6. The van der Waals surface area contributed by atoms with Crippen LogP contribution in [-0.4, -0.2) is 11.0 Å². The van der Waals surface area contributed by atoms with Crippen LogP contribution in [0.1, 0.15) is 13.3 Å². The Morgan fingerprint density at radius 1 is 1.47 bits per heavy atom. The Kier molecular flexibility index (Phi) is 4.23. The molecule has 5 heteroatoms. The highest BCUT2D eigenvalue weighted by Crippen LogP contribution is 2.11. The van der Waals surface area contributed by atoms with Gasteiger partial charge in [0.1, 0.15) is 17.6 Å². The summed E-state index contributed by atoms with van der Waals surface area (Å²) in [7, 11) is 0. The Labute approximate surface area is 98.0 Å². The molecule has 0 heterocycles. The number of anilines is 1. The Balaban J connectivity index is 2.86. The molecule has 0 aliphatic rings. The highest BCUT2D eigenvalue weighted by atomic mass is 19.1. The summed E-state index contributed by atoms with van der Waals surface area (Å²) in [6, 6.07) is 6.73. The molecular formula is C12H11FN2O2. The van der Waals surface area contributed by atoms with Gasteiger partial charge in [-0.25, -0.2) is 4.39 Å². The molecule has 88 valence electrons. The molecule has 0 unspecified atom stereocenters. The molecule has 0 aromatic heterocycles. The molecule has 4 nitrogen and oxygen atoms in total. The van der Waals surface area contributed by atoms with Gasteiger partial charge in [-0.1, -0.05) is 6.92 Å². The molecule has 1 amide bonds. The van der Waals surface area contributed by atoms with Crippen LogP contribution >= 0.6 is 0 Å². The zero-order valence-electron chi connectivity index (χ0n) is 9.20. The molecule has 2 N–H and O–H groups in total. The van der Waals surface area contributed by atoms with E-state index in [-0.39, 0.29) is 17.8 Å². The molecule has 0 fully saturated rings. The minimum Gasteiger partial charge on any atom is -0.511 e. The lowest BCUT2D eigenvalue weighted by Crippen LogP contribution is -2.15. The molecule has 0 atom stereocenters. The first-order valence-electron chi connectivity index (χ1n) is 4.97. The second-order valence-electron chi connectivity index (χ2n) is 3.25. The number of hydrogen-bond donors (Lipinski definition) is 2. The fourth-order valence-corrected chi connectivity index (χ4v) is 1.15. The summed E-state index contributed by atoms with van der Waals surface area (Å²) in [6.45, 7) is 1.62. The van der Waals surface area contributed by atoms with Gasteiger partial charge in [0.25, 0.3) is 5.91 Å². The van der Waals surface area contributed by atoms with E-state index in [2.05, 4.69) is 5.32 Å². The average Bonchev–Trinajstić information content (AvgIpc) is 2.32. The molecule has 1 aromatic rings. The lowest BCUT2D eigenvalue weighted by molar-refractivity contribution is -0.112. The van der Waals surface area contributed by atoms with Crippen molar-refractivity contribution in [1.82, 2.24) is 0 Å². The predicted molar refractivity (Wildman–Crippen MR) is 60.6 cm³/mol. The van der Waals surface area contributed by atoms with Crippen molar-refractivity contribution in [2.75, 3.05) is 5.32 Å². The van der Waals surface area contributed by atoms with E-state index in [1.165, 1.54) is 24.3 Å². The minimum absolute atomic E-state index is 0.194. The fourth-order valence-electron chi connectivity index (χ4n) is 1.15. The molecule has 17 heavy (non-hydrogen) atoms. The van der Waals surface area contributed by atoms with Crippen molar-refractivity contribution in [3.05, 3.63) is 41.4 Å². The second-order valence-corrected chi connectivity index (χ2v) is 3.25. The first kappa shape index (κ1) is 12.7. The first-order chi connectivity index (χ1) is 8.08. The quantitative estimate of drug-likeness (QED) is 0.479. The van der Waals surface area contributed by atoms with E-state index in [9.17, 15) is 14.3 Å². The van der Waals surface area contributed by atoms with Crippen LogP contribution in [0.25, 0.3) is 0 Å². The van der Waals surface area contributed by atoms with Crippen molar-refractivity contribution < 1.29 is 14.3 Å². The van der Waals surface area contributed by atoms with E-state index in [1.54, 1.807) is 13.0 Å². The van der Waals surface area contributed by atoms with Crippen LogP contribution in [0.15, 0.2) is 35.6 Å². The molecule has 0 aliphatic carbocycles.